The van der Waals surface area contributed by atoms with Crippen molar-refractivity contribution in [2.45, 2.75) is 24.0 Å². The Hall–Kier alpha value is -2.68. The number of halogens is 2. The van der Waals surface area contributed by atoms with Crippen molar-refractivity contribution in [1.82, 2.24) is 5.32 Å². The van der Waals surface area contributed by atoms with Crippen LogP contribution in [-0.2, 0) is 21.1 Å². The van der Waals surface area contributed by atoms with Crippen molar-refractivity contribution in [1.29, 1.82) is 0 Å². The average Bonchev–Trinajstić information content (AvgIpc) is 2.61. The summed E-state index contributed by atoms with van der Waals surface area (Å²) in [6.45, 7) is -3.01. The molecule has 6 nitrogen and oxygen atoms in total. The van der Waals surface area contributed by atoms with Gasteiger partial charge in [0.05, 0.1) is 18.7 Å². The molecule has 2 aromatic carbocycles. The van der Waals surface area contributed by atoms with Gasteiger partial charge in [-0.1, -0.05) is 30.3 Å². The van der Waals surface area contributed by atoms with Crippen LogP contribution in [-0.4, -0.2) is 39.3 Å². The molecule has 0 saturated carbocycles. The van der Waals surface area contributed by atoms with Crippen LogP contribution in [0.4, 0.5) is 8.78 Å². The standard InChI is InChI=1S/C18H17F2NO5S/c19-18(20)26-14-6-2-1-5-12(14)9-17(22)21-10-13-11-27(23,24)16-8-4-3-7-15(16)25-13/h1-8,13,18H,9-11H2,(H,21,22). The van der Waals surface area contributed by atoms with Crippen molar-refractivity contribution in [2.75, 3.05) is 12.3 Å². The summed E-state index contributed by atoms with van der Waals surface area (Å²) in [5, 5.41) is 2.58. The first-order chi connectivity index (χ1) is 12.8. The van der Waals surface area contributed by atoms with E-state index in [2.05, 4.69) is 10.1 Å². The van der Waals surface area contributed by atoms with Crippen LogP contribution in [0.15, 0.2) is 53.4 Å². The first kappa shape index (κ1) is 19.1. The third-order valence-electron chi connectivity index (χ3n) is 3.95. The van der Waals surface area contributed by atoms with Crippen molar-refractivity contribution < 1.29 is 31.5 Å². The quantitative estimate of drug-likeness (QED) is 0.808. The second-order valence-corrected chi connectivity index (χ2v) is 7.94. The predicted octanol–water partition coefficient (Wildman–Crippen LogP) is 2.18. The van der Waals surface area contributed by atoms with Crippen LogP contribution < -0.4 is 14.8 Å². The van der Waals surface area contributed by atoms with E-state index in [1.807, 2.05) is 0 Å². The highest BCUT2D eigenvalue weighted by atomic mass is 32.2. The number of carbonyl (C=O) groups is 1. The maximum absolute atomic E-state index is 12.4. The number of hydrogen-bond acceptors (Lipinski definition) is 5. The van der Waals surface area contributed by atoms with Crippen molar-refractivity contribution in [2.24, 2.45) is 0 Å². The smallest absolute Gasteiger partial charge is 0.387 e. The molecule has 0 radical (unpaired) electrons. The zero-order valence-electron chi connectivity index (χ0n) is 14.1. The van der Waals surface area contributed by atoms with Crippen LogP contribution >= 0.6 is 0 Å². The molecule has 2 aromatic rings. The number of rotatable bonds is 6. The molecule has 0 saturated heterocycles. The summed E-state index contributed by atoms with van der Waals surface area (Å²) >= 11 is 0. The zero-order valence-corrected chi connectivity index (χ0v) is 14.9. The third-order valence-corrected chi connectivity index (χ3v) is 5.77. The van der Waals surface area contributed by atoms with E-state index in [-0.39, 0.29) is 35.1 Å². The molecule has 1 atom stereocenters. The van der Waals surface area contributed by atoms with E-state index in [1.54, 1.807) is 24.3 Å². The Kier molecular flexibility index (Phi) is 5.59. The van der Waals surface area contributed by atoms with Gasteiger partial charge in [0.15, 0.2) is 9.84 Å². The molecule has 1 aliphatic heterocycles. The number of amides is 1. The molecule has 144 valence electrons. The first-order valence-corrected chi connectivity index (χ1v) is 9.78. The summed E-state index contributed by atoms with van der Waals surface area (Å²) < 4.78 is 59.4. The number of nitrogens with one attached hydrogen (secondary N) is 1. The average molecular weight is 397 g/mol. The number of sulfone groups is 1. The van der Waals surface area contributed by atoms with Crippen molar-refractivity contribution >= 4 is 15.7 Å². The molecule has 1 N–H and O–H groups in total. The van der Waals surface area contributed by atoms with E-state index in [4.69, 9.17) is 4.74 Å². The second-order valence-electron chi connectivity index (χ2n) is 5.94. The van der Waals surface area contributed by atoms with E-state index in [0.29, 0.717) is 5.56 Å². The van der Waals surface area contributed by atoms with Crippen molar-refractivity contribution in [3.63, 3.8) is 0 Å². The molecule has 0 fully saturated rings. The molecule has 27 heavy (non-hydrogen) atoms. The van der Waals surface area contributed by atoms with Crippen LogP contribution in [0.25, 0.3) is 0 Å². The van der Waals surface area contributed by atoms with Crippen LogP contribution in [0.2, 0.25) is 0 Å². The molecule has 1 heterocycles. The van der Waals surface area contributed by atoms with Crippen LogP contribution in [0.1, 0.15) is 5.56 Å². The van der Waals surface area contributed by atoms with E-state index in [1.165, 1.54) is 24.3 Å². The summed E-state index contributed by atoms with van der Waals surface area (Å²) in [5.74, 6) is -0.540. The van der Waals surface area contributed by atoms with Gasteiger partial charge in [0.1, 0.15) is 22.5 Å². The van der Waals surface area contributed by atoms with E-state index in [9.17, 15) is 22.0 Å². The molecule has 1 unspecified atom stereocenters. The Morgan fingerprint density at radius 1 is 1.19 bits per heavy atom. The van der Waals surface area contributed by atoms with Gasteiger partial charge in [-0.25, -0.2) is 8.42 Å². The largest absolute Gasteiger partial charge is 0.486 e. The molecular weight excluding hydrogens is 380 g/mol. The third kappa shape index (κ3) is 4.73. The van der Waals surface area contributed by atoms with Gasteiger partial charge in [-0.05, 0) is 18.2 Å². The summed E-state index contributed by atoms with van der Waals surface area (Å²) in [7, 11) is -3.50. The van der Waals surface area contributed by atoms with Gasteiger partial charge in [-0.15, -0.1) is 0 Å². The summed E-state index contributed by atoms with van der Waals surface area (Å²) in [6.07, 6.45) is -0.916. The fraction of sp³-hybridized carbons (Fsp3) is 0.278. The molecule has 3 rings (SSSR count). The Morgan fingerprint density at radius 3 is 2.67 bits per heavy atom. The fourth-order valence-corrected chi connectivity index (χ4v) is 4.34. The Labute approximate surface area is 155 Å². The molecule has 1 amide bonds. The summed E-state index contributed by atoms with van der Waals surface area (Å²) in [6, 6.07) is 12.3. The fourth-order valence-electron chi connectivity index (χ4n) is 2.78. The molecular formula is C18H17F2NO5S. The van der Waals surface area contributed by atoms with Gasteiger partial charge in [0, 0.05) is 5.56 Å². The molecule has 9 heteroatoms. The normalized spacial score (nSPS) is 17.7. The number of fused-ring (bicyclic) bond motifs is 1. The van der Waals surface area contributed by atoms with Crippen molar-refractivity contribution in [3.8, 4) is 11.5 Å². The van der Waals surface area contributed by atoms with Gasteiger partial charge < -0.3 is 14.8 Å². The van der Waals surface area contributed by atoms with E-state index in [0.717, 1.165) is 0 Å². The lowest BCUT2D eigenvalue weighted by Crippen LogP contribution is -2.42. The zero-order chi connectivity index (χ0) is 19.4. The van der Waals surface area contributed by atoms with Gasteiger partial charge in [0.25, 0.3) is 0 Å². The number of benzene rings is 2. The molecule has 1 aliphatic rings. The maximum Gasteiger partial charge on any atom is 0.387 e. The Bertz CT molecular complexity index is 933. The maximum atomic E-state index is 12.4. The molecule has 0 aliphatic carbocycles. The van der Waals surface area contributed by atoms with E-state index >= 15 is 0 Å². The lowest BCUT2D eigenvalue weighted by Gasteiger charge is -2.26. The predicted molar refractivity (Wildman–Crippen MR) is 92.7 cm³/mol. The monoisotopic (exact) mass is 397 g/mol. The Morgan fingerprint density at radius 2 is 1.89 bits per heavy atom. The minimum atomic E-state index is -3.50. The minimum absolute atomic E-state index is 0.0235. The number of ether oxygens (including phenoxy) is 2. The van der Waals surface area contributed by atoms with Gasteiger partial charge in [0.2, 0.25) is 5.91 Å². The van der Waals surface area contributed by atoms with Crippen LogP contribution in [0, 0.1) is 0 Å². The van der Waals surface area contributed by atoms with Gasteiger partial charge in [-0.2, -0.15) is 8.78 Å². The summed E-state index contributed by atoms with van der Waals surface area (Å²) in [4.78, 5) is 12.3. The molecule has 0 spiro atoms. The molecule has 0 bridgehead atoms. The van der Waals surface area contributed by atoms with E-state index < -0.39 is 28.5 Å². The lowest BCUT2D eigenvalue weighted by atomic mass is 10.1. The number of para-hydroxylation sites is 2. The number of hydrogen-bond donors (Lipinski definition) is 1. The lowest BCUT2D eigenvalue weighted by molar-refractivity contribution is -0.120. The highest BCUT2D eigenvalue weighted by Crippen LogP contribution is 2.30. The van der Waals surface area contributed by atoms with Gasteiger partial charge in [-0.3, -0.25) is 4.79 Å². The van der Waals surface area contributed by atoms with Crippen LogP contribution in [0.5, 0.6) is 11.5 Å². The van der Waals surface area contributed by atoms with Gasteiger partial charge >= 0.3 is 6.61 Å². The Balaban J connectivity index is 1.61. The second kappa shape index (κ2) is 7.91. The minimum Gasteiger partial charge on any atom is -0.486 e. The first-order valence-electron chi connectivity index (χ1n) is 8.13. The highest BCUT2D eigenvalue weighted by Gasteiger charge is 2.31. The topological polar surface area (TPSA) is 81.7 Å². The van der Waals surface area contributed by atoms with Crippen LogP contribution in [0.3, 0.4) is 0 Å². The summed E-state index contributed by atoms with van der Waals surface area (Å²) in [5.41, 5.74) is 0.304. The van der Waals surface area contributed by atoms with Crippen molar-refractivity contribution in [3.05, 3.63) is 54.1 Å². The highest BCUT2D eigenvalue weighted by molar-refractivity contribution is 7.91. The number of carbonyl (C=O) groups excluding carboxylic acids is 1. The SMILES string of the molecule is O=C(Cc1ccccc1OC(F)F)NCC1CS(=O)(=O)c2ccccc2O1. The molecule has 0 aromatic heterocycles. The number of alkyl halides is 2.